The lowest BCUT2D eigenvalue weighted by molar-refractivity contribution is -0.140. The van der Waals surface area contributed by atoms with Gasteiger partial charge in [0.05, 0.1) is 6.04 Å². The molecule has 2 N–H and O–H groups in total. The van der Waals surface area contributed by atoms with Gasteiger partial charge in [0.1, 0.15) is 0 Å². The Bertz CT molecular complexity index is 520. The Labute approximate surface area is 92.3 Å². The predicted octanol–water partition coefficient (Wildman–Crippen LogP) is 0.198. The zero-order chi connectivity index (χ0) is 11.1. The molecule has 0 aromatic heterocycles. The summed E-state index contributed by atoms with van der Waals surface area (Å²) in [7, 11) is 0. The summed E-state index contributed by atoms with van der Waals surface area (Å²) in [6, 6.07) is 7.87. The highest BCUT2D eigenvalue weighted by Crippen LogP contribution is 2.23. The van der Waals surface area contributed by atoms with Crippen molar-refractivity contribution in [3.63, 3.8) is 0 Å². The number of carbonyl (C=O) groups excluding carboxylic acids is 2. The van der Waals surface area contributed by atoms with Crippen molar-refractivity contribution in [2.75, 3.05) is 0 Å². The summed E-state index contributed by atoms with van der Waals surface area (Å²) in [6.45, 7) is 0. The third kappa shape index (κ3) is 1.31. The van der Waals surface area contributed by atoms with E-state index >= 15 is 0 Å². The van der Waals surface area contributed by atoms with Gasteiger partial charge in [0.15, 0.2) is 0 Å². The Morgan fingerprint density at radius 1 is 1.12 bits per heavy atom. The van der Waals surface area contributed by atoms with Crippen molar-refractivity contribution in [3.05, 3.63) is 41.1 Å². The molecule has 4 nitrogen and oxygen atoms in total. The van der Waals surface area contributed by atoms with Gasteiger partial charge < -0.3 is 10.6 Å². The highest BCUT2D eigenvalue weighted by atomic mass is 16.2. The first-order chi connectivity index (χ1) is 7.74. The van der Waals surface area contributed by atoms with Gasteiger partial charge in [-0.25, -0.2) is 0 Å². The van der Waals surface area contributed by atoms with Crippen LogP contribution in [0.2, 0.25) is 0 Å². The average molecular weight is 214 g/mol. The van der Waals surface area contributed by atoms with Crippen LogP contribution in [0.15, 0.2) is 30.0 Å². The summed E-state index contributed by atoms with van der Waals surface area (Å²) in [5.41, 5.74) is 3.07. The van der Waals surface area contributed by atoms with Gasteiger partial charge in [0.2, 0.25) is 0 Å². The van der Waals surface area contributed by atoms with Crippen LogP contribution < -0.4 is 10.6 Å². The van der Waals surface area contributed by atoms with Crippen LogP contribution in [0, 0.1) is 0 Å². The maximum absolute atomic E-state index is 11.2. The Kier molecular flexibility index (Phi) is 1.83. The topological polar surface area (TPSA) is 58.2 Å². The Balaban J connectivity index is 2.03. The summed E-state index contributed by atoms with van der Waals surface area (Å²) in [4.78, 5) is 22.4. The minimum Gasteiger partial charge on any atom is -0.339 e. The molecule has 80 valence electrons. The summed E-state index contributed by atoms with van der Waals surface area (Å²) in [5, 5.41) is 5.31. The van der Waals surface area contributed by atoms with Gasteiger partial charge in [-0.15, -0.1) is 0 Å². The molecule has 0 spiro atoms. The molecule has 0 radical (unpaired) electrons. The van der Waals surface area contributed by atoms with E-state index in [1.807, 2.05) is 30.3 Å². The Hall–Kier alpha value is -2.10. The number of piperazine rings is 1. The standard InChI is InChI=1S/C12H10N2O2/c15-11-12(16)14-10-6-8-4-2-1-3-7(8)5-9(10)13-11/h1-5,10H,6H2,(H,13,15)(H,14,16). The largest absolute Gasteiger partial charge is 0.339 e. The molecule has 2 aliphatic rings. The summed E-state index contributed by atoms with van der Waals surface area (Å²) < 4.78 is 0. The van der Waals surface area contributed by atoms with Crippen LogP contribution in [0.5, 0.6) is 0 Å². The van der Waals surface area contributed by atoms with E-state index in [-0.39, 0.29) is 6.04 Å². The van der Waals surface area contributed by atoms with E-state index in [0.29, 0.717) is 0 Å². The molecule has 0 bridgehead atoms. The van der Waals surface area contributed by atoms with Crippen LogP contribution in [0.25, 0.3) is 6.08 Å². The monoisotopic (exact) mass is 214 g/mol. The van der Waals surface area contributed by atoms with Gasteiger partial charge in [0.25, 0.3) is 0 Å². The molecule has 2 amide bonds. The van der Waals surface area contributed by atoms with Crippen LogP contribution in [0.4, 0.5) is 0 Å². The highest BCUT2D eigenvalue weighted by molar-refractivity contribution is 6.36. The zero-order valence-corrected chi connectivity index (χ0v) is 8.49. The average Bonchev–Trinajstić information content (AvgIpc) is 2.28. The maximum Gasteiger partial charge on any atom is 0.313 e. The molecule has 1 unspecified atom stereocenters. The van der Waals surface area contributed by atoms with Gasteiger partial charge in [-0.2, -0.15) is 0 Å². The molecule has 1 fully saturated rings. The quantitative estimate of drug-likeness (QED) is 0.606. The molecule has 1 aliphatic heterocycles. The molecule has 1 aliphatic carbocycles. The van der Waals surface area contributed by atoms with E-state index in [9.17, 15) is 9.59 Å². The van der Waals surface area contributed by atoms with Gasteiger partial charge in [0, 0.05) is 5.70 Å². The van der Waals surface area contributed by atoms with Gasteiger partial charge in [-0.3, -0.25) is 9.59 Å². The second kappa shape index (κ2) is 3.20. The Morgan fingerprint density at radius 2 is 1.94 bits per heavy atom. The summed E-state index contributed by atoms with van der Waals surface area (Å²) >= 11 is 0. The maximum atomic E-state index is 11.2. The number of benzene rings is 1. The third-order valence-electron chi connectivity index (χ3n) is 2.93. The van der Waals surface area contributed by atoms with Crippen LogP contribution in [0.3, 0.4) is 0 Å². The second-order valence-corrected chi connectivity index (χ2v) is 3.98. The van der Waals surface area contributed by atoms with Crippen molar-refractivity contribution in [1.82, 2.24) is 10.6 Å². The molecule has 16 heavy (non-hydrogen) atoms. The van der Waals surface area contributed by atoms with Crippen LogP contribution in [-0.4, -0.2) is 17.9 Å². The lowest BCUT2D eigenvalue weighted by Gasteiger charge is -2.30. The van der Waals surface area contributed by atoms with Crippen molar-refractivity contribution < 1.29 is 9.59 Å². The van der Waals surface area contributed by atoms with E-state index in [2.05, 4.69) is 10.6 Å². The highest BCUT2D eigenvalue weighted by Gasteiger charge is 2.31. The van der Waals surface area contributed by atoms with Crippen molar-refractivity contribution in [1.29, 1.82) is 0 Å². The first-order valence-electron chi connectivity index (χ1n) is 5.15. The number of rotatable bonds is 0. The molecule has 1 atom stereocenters. The molecule has 1 aromatic rings. The molecule has 0 saturated carbocycles. The normalized spacial score (nSPS) is 22.5. The molecular formula is C12H10N2O2. The molecule has 4 heteroatoms. The molecule has 3 rings (SSSR count). The van der Waals surface area contributed by atoms with E-state index in [4.69, 9.17) is 0 Å². The number of fused-ring (bicyclic) bond motifs is 2. The lowest BCUT2D eigenvalue weighted by Crippen LogP contribution is -2.55. The van der Waals surface area contributed by atoms with Gasteiger partial charge in [-0.1, -0.05) is 24.3 Å². The van der Waals surface area contributed by atoms with E-state index in [1.54, 1.807) is 0 Å². The first kappa shape index (κ1) is 9.15. The summed E-state index contributed by atoms with van der Waals surface area (Å²) in [6.07, 6.45) is 2.65. The van der Waals surface area contributed by atoms with Crippen LogP contribution in [-0.2, 0) is 16.0 Å². The number of amides is 2. The van der Waals surface area contributed by atoms with Gasteiger partial charge >= 0.3 is 11.8 Å². The molecule has 1 heterocycles. The fourth-order valence-corrected chi connectivity index (χ4v) is 2.12. The first-order valence-corrected chi connectivity index (χ1v) is 5.15. The van der Waals surface area contributed by atoms with Gasteiger partial charge in [-0.05, 0) is 23.6 Å². The molecule has 1 aromatic carbocycles. The van der Waals surface area contributed by atoms with Crippen molar-refractivity contribution >= 4 is 17.9 Å². The van der Waals surface area contributed by atoms with Crippen LogP contribution >= 0.6 is 0 Å². The summed E-state index contributed by atoms with van der Waals surface area (Å²) in [5.74, 6) is -1.14. The number of hydrogen-bond donors (Lipinski definition) is 2. The number of hydrogen-bond acceptors (Lipinski definition) is 2. The van der Waals surface area contributed by atoms with Crippen molar-refractivity contribution in [3.8, 4) is 0 Å². The number of nitrogens with one attached hydrogen (secondary N) is 2. The zero-order valence-electron chi connectivity index (χ0n) is 8.49. The molecular weight excluding hydrogens is 204 g/mol. The van der Waals surface area contributed by atoms with Crippen LogP contribution in [0.1, 0.15) is 11.1 Å². The van der Waals surface area contributed by atoms with Crippen molar-refractivity contribution in [2.24, 2.45) is 0 Å². The predicted molar refractivity (Wildman–Crippen MR) is 58.2 cm³/mol. The van der Waals surface area contributed by atoms with Crippen molar-refractivity contribution in [2.45, 2.75) is 12.5 Å². The van der Waals surface area contributed by atoms with E-state index in [0.717, 1.165) is 17.7 Å². The fourth-order valence-electron chi connectivity index (χ4n) is 2.12. The fraction of sp³-hybridized carbons (Fsp3) is 0.167. The van der Waals surface area contributed by atoms with E-state index in [1.165, 1.54) is 5.56 Å². The van der Waals surface area contributed by atoms with E-state index < -0.39 is 11.8 Å². The number of carbonyl (C=O) groups is 2. The minimum absolute atomic E-state index is 0.0971. The molecule has 1 saturated heterocycles. The second-order valence-electron chi connectivity index (χ2n) is 3.98. The smallest absolute Gasteiger partial charge is 0.313 e. The lowest BCUT2D eigenvalue weighted by atomic mass is 9.90. The SMILES string of the molecule is O=C1NC2=Cc3ccccc3CC2NC1=O. The third-order valence-corrected chi connectivity index (χ3v) is 2.93. The minimum atomic E-state index is -0.582. The Morgan fingerprint density at radius 3 is 2.81 bits per heavy atom.